The zero-order valence-corrected chi connectivity index (χ0v) is 12.3. The minimum atomic E-state index is -4.43. The molecule has 7 heteroatoms. The predicted molar refractivity (Wildman–Crippen MR) is 77.4 cm³/mol. The van der Waals surface area contributed by atoms with Gasteiger partial charge in [-0.15, -0.1) is 0 Å². The number of benzene rings is 2. The highest BCUT2D eigenvalue weighted by atomic mass is 32.2. The fraction of sp³-hybridized carbons (Fsp3) is 0.133. The van der Waals surface area contributed by atoms with E-state index < -0.39 is 21.8 Å². The van der Waals surface area contributed by atoms with Gasteiger partial charge in [-0.2, -0.15) is 26.0 Å². The lowest BCUT2D eigenvalue weighted by atomic mass is 10.1. The van der Waals surface area contributed by atoms with Gasteiger partial charge in [-0.05, 0) is 36.8 Å². The van der Waals surface area contributed by atoms with Gasteiger partial charge < -0.3 is 0 Å². The molecule has 0 aliphatic rings. The van der Waals surface area contributed by atoms with Crippen LogP contribution in [0.4, 0.5) is 13.2 Å². The summed E-state index contributed by atoms with van der Waals surface area (Å²) in [5, 5.41) is 0. The summed E-state index contributed by atoms with van der Waals surface area (Å²) < 4.78 is 64.7. The molecule has 0 spiro atoms. The molecule has 0 unspecified atom stereocenters. The summed E-state index contributed by atoms with van der Waals surface area (Å²) in [6, 6.07) is 10.2. The molecule has 0 bridgehead atoms. The number of hydrogen-bond donors (Lipinski definition) is 0. The number of hydrogen-bond acceptors (Lipinski definition) is 2. The first-order valence-electron chi connectivity index (χ1n) is 6.23. The fourth-order valence-electron chi connectivity index (χ4n) is 1.66. The van der Waals surface area contributed by atoms with Crippen LogP contribution in [0.15, 0.2) is 57.8 Å². The maximum atomic E-state index is 12.4. The van der Waals surface area contributed by atoms with Crippen LogP contribution in [0, 0.1) is 6.92 Å². The lowest BCUT2D eigenvalue weighted by molar-refractivity contribution is -0.137. The van der Waals surface area contributed by atoms with Crippen LogP contribution < -0.4 is 0 Å². The highest BCUT2D eigenvalue weighted by molar-refractivity contribution is 7.90. The summed E-state index contributed by atoms with van der Waals surface area (Å²) in [6.45, 7) is 1.82. The van der Waals surface area contributed by atoms with Crippen LogP contribution >= 0.6 is 0 Å². The van der Waals surface area contributed by atoms with Crippen LogP contribution in [0.3, 0.4) is 0 Å². The Kier molecular flexibility index (Phi) is 4.37. The number of alkyl halides is 3. The first kappa shape index (κ1) is 16.2. The Labute approximate surface area is 126 Å². The number of aryl methyl sites for hydroxylation is 1. The quantitative estimate of drug-likeness (QED) is 0.805. The Morgan fingerprint density at radius 1 is 0.955 bits per heavy atom. The van der Waals surface area contributed by atoms with Crippen LogP contribution in [0.25, 0.3) is 0 Å². The van der Waals surface area contributed by atoms with Crippen molar-refractivity contribution in [2.45, 2.75) is 18.0 Å². The van der Waals surface area contributed by atoms with Crippen LogP contribution in [0.5, 0.6) is 0 Å². The molecule has 116 valence electrons. The molecule has 3 nitrogen and oxygen atoms in total. The molecule has 0 amide bonds. The molecule has 0 N–H and O–H groups in total. The normalized spacial score (nSPS) is 12.7. The molecule has 2 rings (SSSR count). The minimum Gasteiger partial charge on any atom is -0.199 e. The molecular weight excluding hydrogens is 315 g/mol. The summed E-state index contributed by atoms with van der Waals surface area (Å²) in [5.41, 5.74) is 0.375. The molecule has 0 radical (unpaired) electrons. The van der Waals surface area contributed by atoms with Gasteiger partial charge in [0.2, 0.25) is 0 Å². The average molecular weight is 327 g/mol. The van der Waals surface area contributed by atoms with Crippen molar-refractivity contribution in [3.05, 3.63) is 65.2 Å². The molecular formula is C15H12F3NO2S. The van der Waals surface area contributed by atoms with Crippen LogP contribution in [-0.2, 0) is 16.2 Å². The number of halogens is 3. The van der Waals surface area contributed by atoms with Crippen LogP contribution in [-0.4, -0.2) is 14.6 Å². The third-order valence-electron chi connectivity index (χ3n) is 2.90. The Balaban J connectivity index is 2.22. The molecule has 2 aromatic rings. The second-order valence-electron chi connectivity index (χ2n) is 4.64. The monoisotopic (exact) mass is 327 g/mol. The van der Waals surface area contributed by atoms with Gasteiger partial charge in [0.1, 0.15) is 0 Å². The molecule has 0 aromatic heterocycles. The van der Waals surface area contributed by atoms with Crippen molar-refractivity contribution in [3.63, 3.8) is 0 Å². The number of sulfonamides is 1. The van der Waals surface area contributed by atoms with Gasteiger partial charge in [-0.1, -0.05) is 29.8 Å². The molecule has 0 heterocycles. The largest absolute Gasteiger partial charge is 0.416 e. The molecule has 0 saturated heterocycles. The summed E-state index contributed by atoms with van der Waals surface area (Å²) in [4.78, 5) is 0.0289. The van der Waals surface area contributed by atoms with E-state index in [1.807, 2.05) is 6.92 Å². The van der Waals surface area contributed by atoms with E-state index in [1.54, 1.807) is 12.1 Å². The van der Waals surface area contributed by atoms with Crippen molar-refractivity contribution in [1.29, 1.82) is 0 Å². The van der Waals surface area contributed by atoms with E-state index in [9.17, 15) is 21.6 Å². The molecule has 0 saturated carbocycles. The standard InChI is InChI=1S/C15H12F3NO2S/c1-11-2-8-14(9-3-11)22(20,21)19-10-12-4-6-13(7-5-12)15(16,17)18/h2-10H,1H3/b19-10-. The lowest BCUT2D eigenvalue weighted by Crippen LogP contribution is -2.04. The molecule has 0 aliphatic carbocycles. The van der Waals surface area contributed by atoms with Crippen LogP contribution in [0.2, 0.25) is 0 Å². The third-order valence-corrected chi connectivity index (χ3v) is 4.15. The molecule has 22 heavy (non-hydrogen) atoms. The van der Waals surface area contributed by atoms with E-state index in [1.165, 1.54) is 12.1 Å². The highest BCUT2D eigenvalue weighted by Gasteiger charge is 2.29. The van der Waals surface area contributed by atoms with Crippen LogP contribution in [0.1, 0.15) is 16.7 Å². The van der Waals surface area contributed by atoms with Gasteiger partial charge in [0.05, 0.1) is 10.5 Å². The van der Waals surface area contributed by atoms with E-state index in [2.05, 4.69) is 4.40 Å². The van der Waals surface area contributed by atoms with Gasteiger partial charge in [0, 0.05) is 6.21 Å². The first-order chi connectivity index (χ1) is 10.2. The second kappa shape index (κ2) is 5.92. The van der Waals surface area contributed by atoms with Crippen molar-refractivity contribution >= 4 is 16.2 Å². The van der Waals surface area contributed by atoms with E-state index >= 15 is 0 Å². The highest BCUT2D eigenvalue weighted by Crippen LogP contribution is 2.28. The Bertz CT molecular complexity index is 777. The zero-order valence-electron chi connectivity index (χ0n) is 11.5. The Hall–Kier alpha value is -2.15. The summed E-state index contributed by atoms with van der Waals surface area (Å²) in [6.07, 6.45) is -3.40. The minimum absolute atomic E-state index is 0.0289. The summed E-state index contributed by atoms with van der Waals surface area (Å²) >= 11 is 0. The fourth-order valence-corrected chi connectivity index (χ4v) is 2.52. The Morgan fingerprint density at radius 3 is 2.00 bits per heavy atom. The maximum absolute atomic E-state index is 12.4. The van der Waals surface area contributed by atoms with Gasteiger partial charge in [0.25, 0.3) is 10.0 Å². The van der Waals surface area contributed by atoms with Gasteiger partial charge >= 0.3 is 6.18 Å². The predicted octanol–water partition coefficient (Wildman–Crippen LogP) is 3.82. The van der Waals surface area contributed by atoms with Crippen molar-refractivity contribution in [2.75, 3.05) is 0 Å². The Morgan fingerprint density at radius 2 is 1.50 bits per heavy atom. The number of nitrogens with zero attached hydrogens (tertiary/aromatic N) is 1. The SMILES string of the molecule is Cc1ccc(S(=O)(=O)/N=C\c2ccc(C(F)(F)F)cc2)cc1. The maximum Gasteiger partial charge on any atom is 0.416 e. The average Bonchev–Trinajstić information content (AvgIpc) is 2.45. The van der Waals surface area contributed by atoms with Crippen molar-refractivity contribution < 1.29 is 21.6 Å². The van der Waals surface area contributed by atoms with Crippen molar-refractivity contribution in [2.24, 2.45) is 4.40 Å². The first-order valence-corrected chi connectivity index (χ1v) is 7.67. The third kappa shape index (κ3) is 3.94. The smallest absolute Gasteiger partial charge is 0.199 e. The summed E-state index contributed by atoms with van der Waals surface area (Å²) in [7, 11) is -3.87. The lowest BCUT2D eigenvalue weighted by Gasteiger charge is -2.05. The van der Waals surface area contributed by atoms with E-state index in [0.717, 1.165) is 36.0 Å². The van der Waals surface area contributed by atoms with Gasteiger partial charge in [0.15, 0.2) is 0 Å². The van der Waals surface area contributed by atoms with Gasteiger partial charge in [-0.25, -0.2) is 0 Å². The second-order valence-corrected chi connectivity index (χ2v) is 6.27. The van der Waals surface area contributed by atoms with E-state index in [4.69, 9.17) is 0 Å². The molecule has 2 aromatic carbocycles. The van der Waals surface area contributed by atoms with Gasteiger partial charge in [-0.3, -0.25) is 0 Å². The molecule has 0 fully saturated rings. The molecule has 0 atom stereocenters. The topological polar surface area (TPSA) is 46.5 Å². The van der Waals surface area contributed by atoms with Crippen molar-refractivity contribution in [3.8, 4) is 0 Å². The van der Waals surface area contributed by atoms with Crippen molar-refractivity contribution in [1.82, 2.24) is 0 Å². The molecule has 0 aliphatic heterocycles. The van der Waals surface area contributed by atoms with E-state index in [0.29, 0.717) is 0 Å². The number of rotatable bonds is 3. The zero-order chi connectivity index (χ0) is 16.4. The van der Waals surface area contributed by atoms with E-state index in [-0.39, 0.29) is 10.5 Å². The summed E-state index contributed by atoms with van der Waals surface area (Å²) in [5.74, 6) is 0.